The van der Waals surface area contributed by atoms with Gasteiger partial charge in [-0.15, -0.1) is 0 Å². The maximum Gasteiger partial charge on any atom is 0.289 e. The lowest BCUT2D eigenvalue weighted by atomic mass is 10.1. The molecule has 0 radical (unpaired) electrons. The van der Waals surface area contributed by atoms with Crippen molar-refractivity contribution in [1.29, 1.82) is 0 Å². The van der Waals surface area contributed by atoms with Gasteiger partial charge >= 0.3 is 0 Å². The Morgan fingerprint density at radius 2 is 1.88 bits per heavy atom. The number of rotatable bonds is 4. The van der Waals surface area contributed by atoms with Crippen LogP contribution in [-0.4, -0.2) is 26.4 Å². The molecule has 1 saturated heterocycles. The zero-order valence-electron chi connectivity index (χ0n) is 13.3. The third kappa shape index (κ3) is 3.05. The van der Waals surface area contributed by atoms with Crippen molar-refractivity contribution in [2.45, 2.75) is 13.1 Å². The normalized spacial score (nSPS) is 14.7. The number of amides is 2. The van der Waals surface area contributed by atoms with Crippen LogP contribution in [0, 0.1) is 5.82 Å². The van der Waals surface area contributed by atoms with Crippen LogP contribution < -0.4 is 0 Å². The van der Waals surface area contributed by atoms with Gasteiger partial charge in [-0.3, -0.25) is 14.5 Å². The molecule has 1 aliphatic rings. The third-order valence-corrected chi connectivity index (χ3v) is 5.14. The molecule has 6 heteroatoms. The summed E-state index contributed by atoms with van der Waals surface area (Å²) in [5.41, 5.74) is 2.76. The SMILES string of the molecule is O=C1CSC(=O)N1Cc1cn(Cc2cccc(F)c2)c2ccccc12. The standard InChI is InChI=1S/C19H15FN2O2S/c20-15-5-3-4-13(8-15)9-21-10-14(16-6-1-2-7-17(16)21)11-22-18(23)12-25-19(22)24/h1-8,10H,9,11-12H2. The molecule has 4 rings (SSSR count). The van der Waals surface area contributed by atoms with Crippen molar-refractivity contribution < 1.29 is 14.0 Å². The van der Waals surface area contributed by atoms with Gasteiger partial charge in [-0.25, -0.2) is 4.39 Å². The number of carbonyl (C=O) groups is 2. The van der Waals surface area contributed by atoms with Crippen molar-refractivity contribution in [3.63, 3.8) is 0 Å². The van der Waals surface area contributed by atoms with Gasteiger partial charge in [0.2, 0.25) is 5.91 Å². The van der Waals surface area contributed by atoms with E-state index >= 15 is 0 Å². The van der Waals surface area contributed by atoms with E-state index in [0.717, 1.165) is 33.8 Å². The Balaban J connectivity index is 1.71. The molecule has 1 fully saturated rings. The summed E-state index contributed by atoms with van der Waals surface area (Å²) in [7, 11) is 0. The number of carbonyl (C=O) groups excluding carboxylic acids is 2. The van der Waals surface area contributed by atoms with E-state index in [-0.39, 0.29) is 29.3 Å². The highest BCUT2D eigenvalue weighted by atomic mass is 32.2. The van der Waals surface area contributed by atoms with Crippen molar-refractivity contribution in [1.82, 2.24) is 9.47 Å². The van der Waals surface area contributed by atoms with Gasteiger partial charge in [0.15, 0.2) is 0 Å². The summed E-state index contributed by atoms with van der Waals surface area (Å²) in [5.74, 6) is -0.211. The molecule has 2 heterocycles. The van der Waals surface area contributed by atoms with Gasteiger partial charge in [-0.1, -0.05) is 42.1 Å². The number of thioether (sulfide) groups is 1. The predicted octanol–water partition coefficient (Wildman–Crippen LogP) is 4.02. The van der Waals surface area contributed by atoms with Crippen molar-refractivity contribution in [2.24, 2.45) is 0 Å². The molecule has 3 aromatic rings. The maximum atomic E-state index is 13.5. The fourth-order valence-electron chi connectivity index (χ4n) is 3.12. The molecule has 0 unspecified atom stereocenters. The molecule has 0 atom stereocenters. The summed E-state index contributed by atoms with van der Waals surface area (Å²) in [5, 5.41) is 0.795. The second-order valence-corrected chi connectivity index (χ2v) is 6.89. The van der Waals surface area contributed by atoms with Crippen LogP contribution in [0.3, 0.4) is 0 Å². The van der Waals surface area contributed by atoms with Crippen LogP contribution in [0.15, 0.2) is 54.7 Å². The first-order chi connectivity index (χ1) is 12.1. The average molecular weight is 354 g/mol. The second kappa shape index (κ2) is 6.37. The van der Waals surface area contributed by atoms with Crippen LogP contribution in [0.25, 0.3) is 10.9 Å². The molecular formula is C19H15FN2O2S. The number of hydrogen-bond donors (Lipinski definition) is 0. The first kappa shape index (κ1) is 15.9. The Bertz CT molecular complexity index is 966. The predicted molar refractivity (Wildman–Crippen MR) is 95.8 cm³/mol. The van der Waals surface area contributed by atoms with E-state index in [0.29, 0.717) is 6.54 Å². The number of nitrogens with zero attached hydrogens (tertiary/aromatic N) is 2. The molecule has 126 valence electrons. The Labute approximate surface area is 148 Å². The second-order valence-electron chi connectivity index (χ2n) is 5.96. The summed E-state index contributed by atoms with van der Waals surface area (Å²) in [6.07, 6.45) is 1.94. The summed E-state index contributed by atoms with van der Waals surface area (Å²) in [4.78, 5) is 25.1. The van der Waals surface area contributed by atoms with E-state index in [9.17, 15) is 14.0 Å². The number of hydrogen-bond acceptors (Lipinski definition) is 3. The number of halogens is 1. The van der Waals surface area contributed by atoms with E-state index < -0.39 is 0 Å². The zero-order chi connectivity index (χ0) is 17.4. The van der Waals surface area contributed by atoms with E-state index in [1.54, 1.807) is 6.07 Å². The lowest BCUT2D eigenvalue weighted by Crippen LogP contribution is -2.27. The fourth-order valence-corrected chi connectivity index (χ4v) is 3.84. The van der Waals surface area contributed by atoms with Gasteiger partial charge in [-0.05, 0) is 29.3 Å². The Hall–Kier alpha value is -2.60. The minimum atomic E-state index is -0.264. The Kier molecular flexibility index (Phi) is 4.05. The molecule has 1 aliphatic heterocycles. The van der Waals surface area contributed by atoms with E-state index in [1.165, 1.54) is 17.0 Å². The minimum absolute atomic E-state index is 0.156. The molecule has 1 aromatic heterocycles. The monoisotopic (exact) mass is 354 g/mol. The van der Waals surface area contributed by atoms with Crippen LogP contribution in [0.1, 0.15) is 11.1 Å². The highest BCUT2D eigenvalue weighted by Crippen LogP contribution is 2.27. The molecule has 25 heavy (non-hydrogen) atoms. The van der Waals surface area contributed by atoms with Gasteiger partial charge in [0.05, 0.1) is 12.3 Å². The highest BCUT2D eigenvalue weighted by Gasteiger charge is 2.30. The summed E-state index contributed by atoms with van der Waals surface area (Å²) >= 11 is 1.04. The Morgan fingerprint density at radius 3 is 2.64 bits per heavy atom. The van der Waals surface area contributed by atoms with Crippen LogP contribution in [-0.2, 0) is 17.9 Å². The lowest BCUT2D eigenvalue weighted by molar-refractivity contribution is -0.124. The van der Waals surface area contributed by atoms with Gasteiger partial charge < -0.3 is 4.57 Å². The third-order valence-electron chi connectivity index (χ3n) is 4.28. The molecule has 2 amide bonds. The minimum Gasteiger partial charge on any atom is -0.343 e. The van der Waals surface area contributed by atoms with E-state index in [2.05, 4.69) is 0 Å². The molecule has 0 N–H and O–H groups in total. The lowest BCUT2D eigenvalue weighted by Gasteiger charge is -2.11. The van der Waals surface area contributed by atoms with Crippen molar-refractivity contribution in [3.8, 4) is 0 Å². The molecule has 0 saturated carbocycles. The largest absolute Gasteiger partial charge is 0.343 e. The summed E-state index contributed by atoms with van der Waals surface area (Å²) < 4.78 is 15.5. The fraction of sp³-hybridized carbons (Fsp3) is 0.158. The number of benzene rings is 2. The number of aromatic nitrogens is 1. The van der Waals surface area contributed by atoms with Crippen molar-refractivity contribution in [2.75, 3.05) is 5.75 Å². The summed E-state index contributed by atoms with van der Waals surface area (Å²) in [6.45, 7) is 0.788. The van der Waals surface area contributed by atoms with Gasteiger partial charge in [0.1, 0.15) is 5.82 Å². The topological polar surface area (TPSA) is 42.3 Å². The van der Waals surface area contributed by atoms with Gasteiger partial charge in [0, 0.05) is 23.6 Å². The highest BCUT2D eigenvalue weighted by molar-refractivity contribution is 8.14. The molecule has 4 nitrogen and oxygen atoms in total. The first-order valence-electron chi connectivity index (χ1n) is 7.90. The van der Waals surface area contributed by atoms with Crippen LogP contribution in [0.4, 0.5) is 9.18 Å². The molecule has 0 bridgehead atoms. The van der Waals surface area contributed by atoms with Gasteiger partial charge in [0.25, 0.3) is 5.24 Å². The van der Waals surface area contributed by atoms with Crippen LogP contribution in [0.5, 0.6) is 0 Å². The zero-order valence-corrected chi connectivity index (χ0v) is 14.1. The average Bonchev–Trinajstić information content (AvgIpc) is 3.11. The summed E-state index contributed by atoms with van der Waals surface area (Å²) in [6, 6.07) is 14.3. The van der Waals surface area contributed by atoms with Crippen LogP contribution >= 0.6 is 11.8 Å². The molecule has 0 aliphatic carbocycles. The molecule has 2 aromatic carbocycles. The van der Waals surface area contributed by atoms with E-state index in [4.69, 9.17) is 0 Å². The molecule has 0 spiro atoms. The molecular weight excluding hydrogens is 339 g/mol. The van der Waals surface area contributed by atoms with E-state index in [1.807, 2.05) is 41.1 Å². The first-order valence-corrected chi connectivity index (χ1v) is 8.89. The van der Waals surface area contributed by atoms with Crippen molar-refractivity contribution >= 4 is 33.8 Å². The van der Waals surface area contributed by atoms with Gasteiger partial charge in [-0.2, -0.15) is 0 Å². The Morgan fingerprint density at radius 1 is 1.04 bits per heavy atom. The smallest absolute Gasteiger partial charge is 0.289 e. The quantitative estimate of drug-likeness (QED) is 0.711. The number of fused-ring (bicyclic) bond motifs is 1. The van der Waals surface area contributed by atoms with Crippen molar-refractivity contribution in [3.05, 3.63) is 71.7 Å². The number of para-hydroxylation sites is 1. The van der Waals surface area contributed by atoms with Crippen LogP contribution in [0.2, 0.25) is 0 Å². The number of imide groups is 1. The maximum absolute atomic E-state index is 13.5.